The summed E-state index contributed by atoms with van der Waals surface area (Å²) in [5.74, 6) is -6.38. The van der Waals surface area contributed by atoms with Gasteiger partial charge in [0, 0.05) is 6.07 Å². The maximum atomic E-state index is 12.8. The minimum absolute atomic E-state index is 0.195. The Morgan fingerprint density at radius 3 is 2.08 bits per heavy atom. The second kappa shape index (κ2) is 3.33. The molecule has 0 saturated carbocycles. The van der Waals surface area contributed by atoms with Crippen LogP contribution >= 0.6 is 0 Å². The fourth-order valence-corrected chi connectivity index (χ4v) is 0.963. The molecule has 1 aromatic carbocycles. The predicted octanol–water partition coefficient (Wildman–Crippen LogP) is 2.30. The molecule has 72 valence electrons. The van der Waals surface area contributed by atoms with Gasteiger partial charge in [0.15, 0.2) is 17.5 Å². The van der Waals surface area contributed by atoms with E-state index in [-0.39, 0.29) is 6.07 Å². The Labute approximate surface area is 71.6 Å². The van der Waals surface area contributed by atoms with E-state index in [0.717, 1.165) is 6.92 Å². The average Bonchev–Trinajstić information content (AvgIpc) is 1.99. The molecule has 0 spiro atoms. The van der Waals surface area contributed by atoms with Gasteiger partial charge < -0.3 is 5.11 Å². The molecule has 1 N–H and O–H groups in total. The van der Waals surface area contributed by atoms with Crippen molar-refractivity contribution >= 4 is 0 Å². The summed E-state index contributed by atoms with van der Waals surface area (Å²) in [7, 11) is 0. The quantitative estimate of drug-likeness (QED) is 0.413. The molecule has 5 heteroatoms. The molecule has 0 aromatic heterocycles. The van der Waals surface area contributed by atoms with Gasteiger partial charge in [-0.15, -0.1) is 0 Å². The van der Waals surface area contributed by atoms with E-state index in [1.165, 1.54) is 0 Å². The van der Waals surface area contributed by atoms with Crippen LogP contribution in [0.25, 0.3) is 0 Å². The van der Waals surface area contributed by atoms with E-state index >= 15 is 0 Å². The highest BCUT2D eigenvalue weighted by molar-refractivity contribution is 5.23. The molecule has 0 saturated heterocycles. The summed E-state index contributed by atoms with van der Waals surface area (Å²) in [5.41, 5.74) is -0.862. The Kier molecular flexibility index (Phi) is 2.56. The fraction of sp³-hybridized carbons (Fsp3) is 0.250. The van der Waals surface area contributed by atoms with Crippen LogP contribution < -0.4 is 0 Å². The van der Waals surface area contributed by atoms with Crippen LogP contribution in [-0.2, 0) is 0 Å². The SMILES string of the molecule is CC(O)c1c(F)cc(F)c(F)c1F. The Balaban J connectivity index is 3.44. The molecule has 0 aliphatic carbocycles. The van der Waals surface area contributed by atoms with Gasteiger partial charge in [0.05, 0.1) is 11.7 Å². The zero-order chi connectivity index (χ0) is 10.2. The zero-order valence-corrected chi connectivity index (χ0v) is 6.61. The van der Waals surface area contributed by atoms with Crippen molar-refractivity contribution in [3.8, 4) is 0 Å². The maximum absolute atomic E-state index is 12.8. The summed E-state index contributed by atoms with van der Waals surface area (Å²) >= 11 is 0. The predicted molar refractivity (Wildman–Crippen MR) is 36.9 cm³/mol. The minimum atomic E-state index is -1.78. The van der Waals surface area contributed by atoms with Gasteiger partial charge in [-0.3, -0.25) is 0 Å². The summed E-state index contributed by atoms with van der Waals surface area (Å²) in [5, 5.41) is 8.83. The van der Waals surface area contributed by atoms with Gasteiger partial charge in [-0.1, -0.05) is 0 Å². The standard InChI is InChI=1S/C8H6F4O/c1-3(13)6-4(9)2-5(10)7(11)8(6)12/h2-3,13H,1H3. The second-order valence-corrected chi connectivity index (χ2v) is 2.56. The lowest BCUT2D eigenvalue weighted by molar-refractivity contribution is 0.186. The van der Waals surface area contributed by atoms with Gasteiger partial charge >= 0.3 is 0 Å². The summed E-state index contributed by atoms with van der Waals surface area (Å²) in [6.07, 6.45) is -1.52. The molecule has 13 heavy (non-hydrogen) atoms. The monoisotopic (exact) mass is 194 g/mol. The van der Waals surface area contributed by atoms with Crippen molar-refractivity contribution in [2.75, 3.05) is 0 Å². The van der Waals surface area contributed by atoms with Crippen molar-refractivity contribution in [1.82, 2.24) is 0 Å². The van der Waals surface area contributed by atoms with E-state index in [1.807, 2.05) is 0 Å². The number of hydrogen-bond acceptors (Lipinski definition) is 1. The van der Waals surface area contributed by atoms with E-state index in [0.29, 0.717) is 0 Å². The molecular weight excluding hydrogens is 188 g/mol. The van der Waals surface area contributed by atoms with Crippen LogP contribution in [0.1, 0.15) is 18.6 Å². The van der Waals surface area contributed by atoms with Crippen molar-refractivity contribution in [1.29, 1.82) is 0 Å². The van der Waals surface area contributed by atoms with E-state index in [1.54, 1.807) is 0 Å². The third-order valence-corrected chi connectivity index (χ3v) is 1.57. The van der Waals surface area contributed by atoms with Crippen LogP contribution in [0.5, 0.6) is 0 Å². The van der Waals surface area contributed by atoms with Gasteiger partial charge in [0.1, 0.15) is 5.82 Å². The highest BCUT2D eigenvalue weighted by atomic mass is 19.2. The molecule has 0 heterocycles. The van der Waals surface area contributed by atoms with E-state index in [4.69, 9.17) is 5.11 Å². The Morgan fingerprint density at radius 1 is 1.08 bits per heavy atom. The maximum Gasteiger partial charge on any atom is 0.194 e. The van der Waals surface area contributed by atoms with Crippen molar-refractivity contribution < 1.29 is 22.7 Å². The number of aliphatic hydroxyl groups excluding tert-OH is 1. The molecule has 1 rings (SSSR count). The first-order chi connectivity index (χ1) is 5.95. The fourth-order valence-electron chi connectivity index (χ4n) is 0.963. The van der Waals surface area contributed by atoms with Crippen molar-refractivity contribution in [3.05, 3.63) is 34.9 Å². The smallest absolute Gasteiger partial charge is 0.194 e. The van der Waals surface area contributed by atoms with Gasteiger partial charge in [-0.2, -0.15) is 0 Å². The number of halogens is 4. The van der Waals surface area contributed by atoms with Crippen molar-refractivity contribution in [3.63, 3.8) is 0 Å². The van der Waals surface area contributed by atoms with Crippen LogP contribution in [0.3, 0.4) is 0 Å². The molecule has 1 nitrogen and oxygen atoms in total. The highest BCUT2D eigenvalue weighted by Crippen LogP contribution is 2.24. The number of aliphatic hydroxyl groups is 1. The van der Waals surface area contributed by atoms with Crippen LogP contribution in [0.2, 0.25) is 0 Å². The molecular formula is C8H6F4O. The number of benzene rings is 1. The minimum Gasteiger partial charge on any atom is -0.388 e. The van der Waals surface area contributed by atoms with E-state index in [9.17, 15) is 17.6 Å². The highest BCUT2D eigenvalue weighted by Gasteiger charge is 2.21. The molecule has 0 fully saturated rings. The summed E-state index contributed by atoms with van der Waals surface area (Å²) in [6.45, 7) is 1.05. The molecule has 1 aromatic rings. The first kappa shape index (κ1) is 9.98. The van der Waals surface area contributed by atoms with Gasteiger partial charge in [-0.25, -0.2) is 17.6 Å². The van der Waals surface area contributed by atoms with E-state index < -0.39 is 34.9 Å². The topological polar surface area (TPSA) is 20.2 Å². The largest absolute Gasteiger partial charge is 0.388 e. The molecule has 0 aliphatic rings. The third-order valence-electron chi connectivity index (χ3n) is 1.57. The molecule has 0 amide bonds. The van der Waals surface area contributed by atoms with Crippen LogP contribution in [0, 0.1) is 23.3 Å². The first-order valence-corrected chi connectivity index (χ1v) is 3.46. The second-order valence-electron chi connectivity index (χ2n) is 2.56. The van der Waals surface area contributed by atoms with E-state index in [2.05, 4.69) is 0 Å². The zero-order valence-electron chi connectivity index (χ0n) is 6.61. The van der Waals surface area contributed by atoms with Crippen LogP contribution in [0.15, 0.2) is 6.07 Å². The van der Waals surface area contributed by atoms with Gasteiger partial charge in [-0.05, 0) is 6.92 Å². The Morgan fingerprint density at radius 2 is 1.62 bits per heavy atom. The molecule has 0 bridgehead atoms. The lowest BCUT2D eigenvalue weighted by Crippen LogP contribution is -2.05. The van der Waals surface area contributed by atoms with Crippen molar-refractivity contribution in [2.24, 2.45) is 0 Å². The van der Waals surface area contributed by atoms with Crippen LogP contribution in [-0.4, -0.2) is 5.11 Å². The molecule has 1 atom stereocenters. The molecule has 0 aliphatic heterocycles. The summed E-state index contributed by atoms with van der Waals surface area (Å²) in [4.78, 5) is 0. The average molecular weight is 194 g/mol. The van der Waals surface area contributed by atoms with Gasteiger partial charge in [0.2, 0.25) is 0 Å². The number of rotatable bonds is 1. The number of hydrogen-bond donors (Lipinski definition) is 1. The third kappa shape index (κ3) is 1.65. The van der Waals surface area contributed by atoms with Gasteiger partial charge in [0.25, 0.3) is 0 Å². The Bertz CT molecular complexity index is 335. The lowest BCUT2D eigenvalue weighted by atomic mass is 10.1. The summed E-state index contributed by atoms with van der Waals surface area (Å²) < 4.78 is 50.3. The first-order valence-electron chi connectivity index (χ1n) is 3.46. The van der Waals surface area contributed by atoms with Crippen molar-refractivity contribution in [2.45, 2.75) is 13.0 Å². The molecule has 1 unspecified atom stereocenters. The summed E-state index contributed by atoms with van der Waals surface area (Å²) in [6, 6.07) is 0.195. The normalized spacial score (nSPS) is 13.1. The van der Waals surface area contributed by atoms with Crippen LogP contribution in [0.4, 0.5) is 17.6 Å². The Hall–Kier alpha value is -1.10. The lowest BCUT2D eigenvalue weighted by Gasteiger charge is -2.08. The molecule has 0 radical (unpaired) electrons.